The van der Waals surface area contributed by atoms with Gasteiger partial charge in [-0.15, -0.1) is 0 Å². The summed E-state index contributed by atoms with van der Waals surface area (Å²) in [5.74, 6) is -0.801. The van der Waals surface area contributed by atoms with Crippen LogP contribution in [0.3, 0.4) is 0 Å². The number of nitrogens with one attached hydrogen (secondary N) is 1. The Hall–Kier alpha value is -4.35. The van der Waals surface area contributed by atoms with Gasteiger partial charge in [-0.25, -0.2) is 9.78 Å². The normalized spacial score (nSPS) is 25.7. The molecule has 2 saturated heterocycles. The van der Waals surface area contributed by atoms with Gasteiger partial charge in [-0.2, -0.15) is 18.5 Å². The van der Waals surface area contributed by atoms with E-state index < -0.39 is 50.6 Å². The van der Waals surface area contributed by atoms with E-state index >= 15 is 4.79 Å². The van der Waals surface area contributed by atoms with Crippen molar-refractivity contribution in [2.45, 2.75) is 48.9 Å². The molecule has 240 valence electrons. The summed E-state index contributed by atoms with van der Waals surface area (Å²) in [6, 6.07) is 17.5. The lowest BCUT2D eigenvalue weighted by Crippen LogP contribution is -2.73. The molecule has 0 bridgehead atoms. The Bertz CT molecular complexity index is 1760. The molecular formula is C33H37N6O6S+. The highest BCUT2D eigenvalue weighted by Gasteiger charge is 2.68. The quantitative estimate of drug-likeness (QED) is 0.375. The van der Waals surface area contributed by atoms with E-state index in [0.29, 0.717) is 24.0 Å². The van der Waals surface area contributed by atoms with Crippen molar-refractivity contribution in [1.82, 2.24) is 14.8 Å². The molecule has 1 aromatic heterocycles. The van der Waals surface area contributed by atoms with E-state index in [-0.39, 0.29) is 30.0 Å². The van der Waals surface area contributed by atoms with Crippen molar-refractivity contribution in [3.05, 3.63) is 84.1 Å². The predicted octanol–water partition coefficient (Wildman–Crippen LogP) is 3.86. The zero-order valence-corrected chi connectivity index (χ0v) is 26.6. The number of para-hydroxylation sites is 1. The number of piperazine rings is 1. The molecule has 2 aromatic carbocycles. The van der Waals surface area contributed by atoms with Crippen LogP contribution in [0.4, 0.5) is 10.5 Å². The number of hydrogen-bond acceptors (Lipinski definition) is 11. The molecule has 3 aromatic rings. The molecule has 0 spiro atoms. The third-order valence-electron chi connectivity index (χ3n) is 9.09. The third kappa shape index (κ3) is 5.31. The van der Waals surface area contributed by atoms with Gasteiger partial charge in [0.25, 0.3) is 0 Å². The van der Waals surface area contributed by atoms with Crippen LogP contribution in [0.15, 0.2) is 77.8 Å². The first-order chi connectivity index (χ1) is 22.2. The van der Waals surface area contributed by atoms with Crippen LogP contribution in [0, 0.1) is 11.3 Å². The van der Waals surface area contributed by atoms with Gasteiger partial charge in [0.2, 0.25) is 5.88 Å². The zero-order chi connectivity index (χ0) is 32.5. The van der Waals surface area contributed by atoms with Crippen LogP contribution in [0.25, 0.3) is 0 Å². The number of sulfonamides is 1. The number of pyridine rings is 1. The number of likely N-dealkylation sites (tertiary alicyclic amines) is 1. The smallest absolute Gasteiger partial charge is 0.478 e. The maximum absolute atomic E-state index is 15.3. The van der Waals surface area contributed by atoms with Crippen molar-refractivity contribution in [2.24, 2.45) is 0 Å². The van der Waals surface area contributed by atoms with Gasteiger partial charge in [-0.1, -0.05) is 36.4 Å². The number of aromatic nitrogens is 1. The number of nitriles is 1. The summed E-state index contributed by atoms with van der Waals surface area (Å²) in [7, 11) is -2.81. The van der Waals surface area contributed by atoms with E-state index in [2.05, 4.69) is 21.3 Å². The van der Waals surface area contributed by atoms with E-state index in [1.807, 2.05) is 19.2 Å². The van der Waals surface area contributed by atoms with E-state index in [1.165, 1.54) is 30.5 Å². The number of fused-ring (bicyclic) bond motifs is 1. The SMILES string of the molecule is CCOc1ncccc1C1C(=O)[N+](C(=O)OC2CNc3ccccc32)(S(=O)(=O)c2ccccc2)CC(C#N)N1C1CCN(C)CC1. The minimum atomic E-state index is -4.82. The number of imide groups is 1. The van der Waals surface area contributed by atoms with Crippen molar-refractivity contribution >= 4 is 27.7 Å². The van der Waals surface area contributed by atoms with Crippen LogP contribution >= 0.6 is 0 Å². The molecule has 3 aliphatic heterocycles. The van der Waals surface area contributed by atoms with E-state index in [4.69, 9.17) is 9.47 Å². The summed E-state index contributed by atoms with van der Waals surface area (Å²) < 4.78 is 39.7. The topological polar surface area (TPSA) is 142 Å². The summed E-state index contributed by atoms with van der Waals surface area (Å²) >= 11 is 0. The van der Waals surface area contributed by atoms with Gasteiger partial charge in [0, 0.05) is 29.1 Å². The van der Waals surface area contributed by atoms with Crippen molar-refractivity contribution in [1.29, 1.82) is 5.26 Å². The van der Waals surface area contributed by atoms with Crippen molar-refractivity contribution in [2.75, 3.05) is 45.2 Å². The minimum Gasteiger partial charge on any atom is -0.478 e. The first-order valence-electron chi connectivity index (χ1n) is 15.4. The van der Waals surface area contributed by atoms with Crippen LogP contribution < -0.4 is 10.1 Å². The lowest BCUT2D eigenvalue weighted by molar-refractivity contribution is -0.666. The van der Waals surface area contributed by atoms with Gasteiger partial charge in [-0.05, 0) is 74.1 Å². The van der Waals surface area contributed by atoms with Crippen LogP contribution in [0.2, 0.25) is 0 Å². The molecule has 2 fully saturated rings. The predicted molar refractivity (Wildman–Crippen MR) is 168 cm³/mol. The van der Waals surface area contributed by atoms with E-state index in [0.717, 1.165) is 18.8 Å². The van der Waals surface area contributed by atoms with Crippen LogP contribution in [-0.4, -0.2) is 91.0 Å². The van der Waals surface area contributed by atoms with Crippen molar-refractivity contribution < 1.29 is 31.4 Å². The Morgan fingerprint density at radius 2 is 1.76 bits per heavy atom. The maximum Gasteiger partial charge on any atom is 0.540 e. The van der Waals surface area contributed by atoms with Crippen molar-refractivity contribution in [3.8, 4) is 11.9 Å². The molecule has 0 aliphatic carbocycles. The second kappa shape index (κ2) is 12.8. The zero-order valence-electron chi connectivity index (χ0n) is 25.8. The van der Waals surface area contributed by atoms with Gasteiger partial charge >= 0.3 is 22.0 Å². The van der Waals surface area contributed by atoms with Gasteiger partial charge in [0.1, 0.15) is 11.4 Å². The van der Waals surface area contributed by atoms with Crippen LogP contribution in [0.5, 0.6) is 5.88 Å². The summed E-state index contributed by atoms with van der Waals surface area (Å²) in [5.41, 5.74) is 1.71. The second-order valence-corrected chi connectivity index (χ2v) is 13.8. The third-order valence-corrected chi connectivity index (χ3v) is 11.3. The van der Waals surface area contributed by atoms with Gasteiger partial charge < -0.3 is 19.7 Å². The fourth-order valence-corrected chi connectivity index (χ4v) is 8.55. The fourth-order valence-electron chi connectivity index (χ4n) is 6.78. The number of nitrogens with zero attached hydrogens (tertiary/aromatic N) is 5. The summed E-state index contributed by atoms with van der Waals surface area (Å²) in [4.78, 5) is 38.0. The minimum absolute atomic E-state index is 0.136. The molecule has 4 atom stereocenters. The Balaban J connectivity index is 1.54. The molecule has 2 amide bonds. The maximum atomic E-state index is 15.3. The molecule has 4 unspecified atom stereocenters. The molecular weight excluding hydrogens is 608 g/mol. The summed E-state index contributed by atoms with van der Waals surface area (Å²) in [5, 5.41) is 13.9. The Labute approximate surface area is 268 Å². The average Bonchev–Trinajstić information content (AvgIpc) is 3.48. The molecule has 13 heteroatoms. The Morgan fingerprint density at radius 3 is 2.48 bits per heavy atom. The first-order valence-corrected chi connectivity index (χ1v) is 16.9. The number of benzene rings is 2. The number of carbonyl (C=O) groups is 2. The largest absolute Gasteiger partial charge is 0.540 e. The molecule has 1 N–H and O–H groups in total. The number of quaternary nitrogens is 1. The number of piperidine rings is 1. The highest BCUT2D eigenvalue weighted by molar-refractivity contribution is 7.86. The molecule has 0 saturated carbocycles. The highest BCUT2D eigenvalue weighted by atomic mass is 32.2. The number of anilines is 1. The Morgan fingerprint density at radius 1 is 1.07 bits per heavy atom. The molecule has 12 nitrogen and oxygen atoms in total. The van der Waals surface area contributed by atoms with Gasteiger partial charge in [-0.3, -0.25) is 4.90 Å². The van der Waals surface area contributed by atoms with Crippen LogP contribution in [-0.2, 0) is 19.6 Å². The molecule has 3 aliphatic rings. The standard InChI is InChI=1S/C33H37N6O6S/c1-3-44-31-27(13-9-17-35-31)30-32(40)39(46(42,43)25-10-5-4-6-11-25,22-24(20-34)38(30)23-15-18-37(2)19-16-23)33(41)45-29-21-36-28-14-8-7-12-26(28)29/h4-14,17,23-24,29-30,36H,3,15-16,18-19,21-22H2,1-2H3/q+1. The first kappa shape index (κ1) is 31.6. The Kier molecular flexibility index (Phi) is 8.80. The van der Waals surface area contributed by atoms with E-state index in [9.17, 15) is 18.5 Å². The lowest BCUT2D eigenvalue weighted by Gasteiger charge is -2.48. The number of amides is 2. The average molecular weight is 646 g/mol. The lowest BCUT2D eigenvalue weighted by atomic mass is 9.92. The van der Waals surface area contributed by atoms with E-state index in [1.54, 1.807) is 42.2 Å². The molecule has 4 heterocycles. The van der Waals surface area contributed by atoms with Crippen LogP contribution in [0.1, 0.15) is 43.0 Å². The number of hydrogen-bond donors (Lipinski definition) is 1. The molecule has 6 rings (SSSR count). The van der Waals surface area contributed by atoms with Crippen molar-refractivity contribution in [3.63, 3.8) is 0 Å². The number of rotatable bonds is 7. The molecule has 0 radical (unpaired) electrons. The van der Waals surface area contributed by atoms with Gasteiger partial charge in [0.15, 0.2) is 18.2 Å². The highest BCUT2D eigenvalue weighted by Crippen LogP contribution is 2.45. The number of ether oxygens (including phenoxy) is 2. The second-order valence-electron chi connectivity index (χ2n) is 11.7. The van der Waals surface area contributed by atoms with Gasteiger partial charge in [0.05, 0.1) is 19.2 Å². The summed E-state index contributed by atoms with van der Waals surface area (Å²) in [6.07, 6.45) is 0.699. The number of carbonyl (C=O) groups excluding carboxylic acids is 2. The summed E-state index contributed by atoms with van der Waals surface area (Å²) in [6.45, 7) is 3.03. The fraction of sp³-hybridized carbons (Fsp3) is 0.394. The monoisotopic (exact) mass is 645 g/mol. The molecule has 46 heavy (non-hydrogen) atoms.